The minimum Gasteiger partial charge on any atom is -0.304 e. The molecule has 2 heteroatoms. The highest BCUT2D eigenvalue weighted by Crippen LogP contribution is 2.38. The van der Waals surface area contributed by atoms with Crippen LogP contribution in [0.2, 0.25) is 0 Å². The van der Waals surface area contributed by atoms with E-state index in [0.717, 1.165) is 11.8 Å². The first-order valence-electron chi connectivity index (χ1n) is 5.16. The Morgan fingerprint density at radius 2 is 1.75 bits per heavy atom. The van der Waals surface area contributed by atoms with Crippen molar-refractivity contribution >= 4 is 0 Å². The Labute approximate surface area is 75.5 Å². The summed E-state index contributed by atoms with van der Waals surface area (Å²) in [5.41, 5.74) is 0. The molecule has 0 amide bonds. The molecule has 2 aliphatic rings. The molecule has 1 aliphatic heterocycles. The van der Waals surface area contributed by atoms with E-state index in [-0.39, 0.29) is 0 Å². The van der Waals surface area contributed by atoms with Crippen LogP contribution in [0.25, 0.3) is 0 Å². The maximum Gasteiger partial charge on any atom is 0.0110 e. The fourth-order valence-electron chi connectivity index (χ4n) is 2.02. The van der Waals surface area contributed by atoms with Gasteiger partial charge in [0.25, 0.3) is 0 Å². The monoisotopic (exact) mass is 168 g/mol. The topological polar surface area (TPSA) is 6.48 Å². The van der Waals surface area contributed by atoms with Gasteiger partial charge in [-0.05, 0) is 25.3 Å². The van der Waals surface area contributed by atoms with Crippen molar-refractivity contribution in [2.75, 3.05) is 39.8 Å². The summed E-state index contributed by atoms with van der Waals surface area (Å²) in [6, 6.07) is 0. The average Bonchev–Trinajstić information content (AvgIpc) is 2.72. The van der Waals surface area contributed by atoms with Gasteiger partial charge in [-0.25, -0.2) is 0 Å². The fourth-order valence-corrected chi connectivity index (χ4v) is 2.02. The third-order valence-corrected chi connectivity index (χ3v) is 3.36. The smallest absolute Gasteiger partial charge is 0.0110 e. The van der Waals surface area contributed by atoms with E-state index in [1.165, 1.54) is 39.1 Å². The van der Waals surface area contributed by atoms with Crippen molar-refractivity contribution in [1.29, 1.82) is 0 Å². The molecular weight excluding hydrogens is 148 g/mol. The van der Waals surface area contributed by atoms with Gasteiger partial charge < -0.3 is 9.80 Å². The van der Waals surface area contributed by atoms with Crippen LogP contribution in [0, 0.1) is 11.8 Å². The van der Waals surface area contributed by atoms with Crippen molar-refractivity contribution in [2.24, 2.45) is 11.8 Å². The Balaban J connectivity index is 1.68. The molecule has 1 aliphatic carbocycles. The lowest BCUT2D eigenvalue weighted by molar-refractivity contribution is 0.148. The van der Waals surface area contributed by atoms with E-state index >= 15 is 0 Å². The van der Waals surface area contributed by atoms with E-state index in [0.29, 0.717) is 0 Å². The number of hydrogen-bond donors (Lipinski definition) is 0. The molecule has 12 heavy (non-hydrogen) atoms. The first kappa shape index (κ1) is 8.52. The van der Waals surface area contributed by atoms with Gasteiger partial charge in [-0.3, -0.25) is 0 Å². The predicted molar refractivity (Wildman–Crippen MR) is 51.2 cm³/mol. The number of hydrogen-bond acceptors (Lipinski definition) is 2. The predicted octanol–water partition coefficient (Wildman–Crippen LogP) is 0.890. The molecule has 0 radical (unpaired) electrons. The Kier molecular flexibility index (Phi) is 2.37. The molecular formula is C10H20N2. The molecule has 70 valence electrons. The number of likely N-dealkylation sites (N-methyl/N-ethyl adjacent to an activating group) is 1. The first-order valence-corrected chi connectivity index (χ1v) is 5.16. The summed E-state index contributed by atoms with van der Waals surface area (Å²) < 4.78 is 0. The van der Waals surface area contributed by atoms with Gasteiger partial charge in [-0.1, -0.05) is 6.92 Å². The summed E-state index contributed by atoms with van der Waals surface area (Å²) in [6.07, 6.45) is 1.48. The van der Waals surface area contributed by atoms with Crippen LogP contribution in [-0.2, 0) is 0 Å². The van der Waals surface area contributed by atoms with Crippen LogP contribution in [0.3, 0.4) is 0 Å². The molecule has 0 bridgehead atoms. The molecule has 0 N–H and O–H groups in total. The van der Waals surface area contributed by atoms with Crippen LogP contribution < -0.4 is 0 Å². The molecule has 1 saturated carbocycles. The summed E-state index contributed by atoms with van der Waals surface area (Å²) in [7, 11) is 2.22. The van der Waals surface area contributed by atoms with Crippen LogP contribution in [-0.4, -0.2) is 49.6 Å². The van der Waals surface area contributed by atoms with Gasteiger partial charge in [0.15, 0.2) is 0 Å². The van der Waals surface area contributed by atoms with Crippen molar-refractivity contribution in [3.05, 3.63) is 0 Å². The Bertz CT molecular complexity index is 150. The van der Waals surface area contributed by atoms with Crippen LogP contribution in [0.1, 0.15) is 13.3 Å². The molecule has 2 atom stereocenters. The van der Waals surface area contributed by atoms with Crippen molar-refractivity contribution in [2.45, 2.75) is 13.3 Å². The minimum atomic E-state index is 1.02. The van der Waals surface area contributed by atoms with Crippen LogP contribution in [0.15, 0.2) is 0 Å². The molecule has 1 saturated heterocycles. The largest absolute Gasteiger partial charge is 0.304 e. The lowest BCUT2D eigenvalue weighted by Gasteiger charge is -2.32. The Morgan fingerprint density at radius 1 is 1.17 bits per heavy atom. The van der Waals surface area contributed by atoms with E-state index < -0.39 is 0 Å². The molecule has 1 heterocycles. The van der Waals surface area contributed by atoms with Crippen LogP contribution in [0.4, 0.5) is 0 Å². The van der Waals surface area contributed by atoms with Crippen LogP contribution >= 0.6 is 0 Å². The molecule has 0 aromatic carbocycles. The van der Waals surface area contributed by atoms with Crippen molar-refractivity contribution in [1.82, 2.24) is 9.80 Å². The standard InChI is InChI=1S/C10H20N2/c1-9-7-10(9)8-12-5-3-11(2)4-6-12/h9-10H,3-8H2,1-2H3. The van der Waals surface area contributed by atoms with Gasteiger partial charge in [-0.2, -0.15) is 0 Å². The minimum absolute atomic E-state index is 1.02. The third kappa shape index (κ3) is 1.99. The fraction of sp³-hybridized carbons (Fsp3) is 1.00. The second-order valence-corrected chi connectivity index (χ2v) is 4.58. The number of piperazine rings is 1. The van der Waals surface area contributed by atoms with Gasteiger partial charge in [-0.15, -0.1) is 0 Å². The molecule has 0 aromatic rings. The zero-order valence-corrected chi connectivity index (χ0v) is 8.29. The Hall–Kier alpha value is -0.0800. The zero-order chi connectivity index (χ0) is 8.55. The highest BCUT2D eigenvalue weighted by molar-refractivity contribution is 4.86. The molecule has 2 fully saturated rings. The van der Waals surface area contributed by atoms with Crippen molar-refractivity contribution in [3.8, 4) is 0 Å². The maximum atomic E-state index is 2.63. The Morgan fingerprint density at radius 3 is 2.25 bits per heavy atom. The highest BCUT2D eigenvalue weighted by atomic mass is 15.2. The van der Waals surface area contributed by atoms with Gasteiger partial charge in [0.1, 0.15) is 0 Å². The van der Waals surface area contributed by atoms with Gasteiger partial charge in [0.2, 0.25) is 0 Å². The van der Waals surface area contributed by atoms with Crippen molar-refractivity contribution in [3.63, 3.8) is 0 Å². The van der Waals surface area contributed by atoms with Crippen LogP contribution in [0.5, 0.6) is 0 Å². The maximum absolute atomic E-state index is 2.63. The SMILES string of the molecule is CC1CC1CN1CCN(C)CC1. The van der Waals surface area contributed by atoms with Gasteiger partial charge in [0, 0.05) is 32.7 Å². The van der Waals surface area contributed by atoms with E-state index in [1.807, 2.05) is 0 Å². The number of nitrogens with zero attached hydrogens (tertiary/aromatic N) is 2. The summed E-state index contributed by atoms with van der Waals surface area (Å²) >= 11 is 0. The quantitative estimate of drug-likeness (QED) is 0.604. The summed E-state index contributed by atoms with van der Waals surface area (Å²) in [4.78, 5) is 5.06. The molecule has 2 unspecified atom stereocenters. The highest BCUT2D eigenvalue weighted by Gasteiger charge is 2.34. The average molecular weight is 168 g/mol. The zero-order valence-electron chi connectivity index (χ0n) is 8.29. The lowest BCUT2D eigenvalue weighted by atomic mass is 10.2. The molecule has 0 aromatic heterocycles. The molecule has 0 spiro atoms. The summed E-state index contributed by atoms with van der Waals surface area (Å²) in [6.45, 7) is 8.86. The van der Waals surface area contributed by atoms with Gasteiger partial charge in [0.05, 0.1) is 0 Å². The third-order valence-electron chi connectivity index (χ3n) is 3.36. The lowest BCUT2D eigenvalue weighted by Crippen LogP contribution is -2.45. The molecule has 2 rings (SSSR count). The summed E-state index contributed by atoms with van der Waals surface area (Å²) in [5, 5.41) is 0. The van der Waals surface area contributed by atoms with Gasteiger partial charge >= 0.3 is 0 Å². The van der Waals surface area contributed by atoms with Crippen molar-refractivity contribution < 1.29 is 0 Å². The molecule has 2 nitrogen and oxygen atoms in total. The normalized spacial score (nSPS) is 38.5. The van der Waals surface area contributed by atoms with E-state index in [4.69, 9.17) is 0 Å². The first-order chi connectivity index (χ1) is 5.75. The van der Waals surface area contributed by atoms with E-state index in [9.17, 15) is 0 Å². The second-order valence-electron chi connectivity index (χ2n) is 4.58. The second kappa shape index (κ2) is 3.35. The van der Waals surface area contributed by atoms with E-state index in [2.05, 4.69) is 23.8 Å². The van der Waals surface area contributed by atoms with E-state index in [1.54, 1.807) is 0 Å². The summed E-state index contributed by atoms with van der Waals surface area (Å²) in [5.74, 6) is 2.05. The number of rotatable bonds is 2.